The van der Waals surface area contributed by atoms with E-state index in [1.165, 1.54) is 25.1 Å². The minimum absolute atomic E-state index is 0.00968. The van der Waals surface area contributed by atoms with Crippen molar-refractivity contribution in [2.45, 2.75) is 13.5 Å². The molecule has 0 unspecified atom stereocenters. The van der Waals surface area contributed by atoms with E-state index in [9.17, 15) is 14.0 Å². The fourth-order valence-electron chi connectivity index (χ4n) is 1.99. The maximum atomic E-state index is 13.5. The zero-order valence-corrected chi connectivity index (χ0v) is 13.4. The van der Waals surface area contributed by atoms with Crippen LogP contribution >= 0.6 is 0 Å². The van der Waals surface area contributed by atoms with Crippen LogP contribution in [-0.4, -0.2) is 19.0 Å². The van der Waals surface area contributed by atoms with Gasteiger partial charge in [-0.15, -0.1) is 0 Å². The lowest BCUT2D eigenvalue weighted by Crippen LogP contribution is -2.28. The molecule has 126 valence electrons. The zero-order valence-electron chi connectivity index (χ0n) is 13.4. The number of halogens is 1. The lowest BCUT2D eigenvalue weighted by atomic mass is 10.2. The van der Waals surface area contributed by atoms with Crippen molar-refractivity contribution < 1.29 is 18.7 Å². The molecule has 3 amide bonds. The van der Waals surface area contributed by atoms with Crippen LogP contribution in [-0.2, 0) is 11.3 Å². The number of carbonyl (C=O) groups is 2. The van der Waals surface area contributed by atoms with Crippen LogP contribution in [0.25, 0.3) is 0 Å². The molecule has 2 rings (SSSR count). The highest BCUT2D eigenvalue weighted by Crippen LogP contribution is 2.19. The van der Waals surface area contributed by atoms with Crippen molar-refractivity contribution in [1.29, 1.82) is 0 Å². The normalized spacial score (nSPS) is 9.96. The number of benzene rings is 2. The molecule has 0 bridgehead atoms. The van der Waals surface area contributed by atoms with Gasteiger partial charge in [0.2, 0.25) is 5.91 Å². The molecule has 0 saturated carbocycles. The van der Waals surface area contributed by atoms with Crippen molar-refractivity contribution in [3.8, 4) is 5.75 Å². The molecule has 2 aromatic carbocycles. The largest absolute Gasteiger partial charge is 0.497 e. The molecular formula is C17H18FN3O3. The topological polar surface area (TPSA) is 79.5 Å². The van der Waals surface area contributed by atoms with E-state index in [1.807, 2.05) is 12.1 Å². The van der Waals surface area contributed by atoms with E-state index in [4.69, 9.17) is 4.74 Å². The SMILES string of the molecule is COc1ccc(CNC(=O)Nc2ccc(F)c(NC(C)=O)c2)cc1. The van der Waals surface area contributed by atoms with Gasteiger partial charge in [0.15, 0.2) is 0 Å². The first-order chi connectivity index (χ1) is 11.5. The first-order valence-corrected chi connectivity index (χ1v) is 7.23. The number of hydrogen-bond acceptors (Lipinski definition) is 3. The van der Waals surface area contributed by atoms with Gasteiger partial charge in [0.05, 0.1) is 12.8 Å². The lowest BCUT2D eigenvalue weighted by Gasteiger charge is -2.10. The predicted molar refractivity (Wildman–Crippen MR) is 89.6 cm³/mol. The molecule has 0 aliphatic carbocycles. The van der Waals surface area contributed by atoms with Gasteiger partial charge in [0.25, 0.3) is 0 Å². The van der Waals surface area contributed by atoms with Crippen LogP contribution in [0.1, 0.15) is 12.5 Å². The fourth-order valence-corrected chi connectivity index (χ4v) is 1.99. The molecule has 0 spiro atoms. The molecular weight excluding hydrogens is 313 g/mol. The van der Waals surface area contributed by atoms with Gasteiger partial charge in [-0.05, 0) is 35.9 Å². The summed E-state index contributed by atoms with van der Waals surface area (Å²) in [5.41, 5.74) is 1.28. The minimum Gasteiger partial charge on any atom is -0.497 e. The highest BCUT2D eigenvalue weighted by molar-refractivity contribution is 5.92. The van der Waals surface area contributed by atoms with Crippen LogP contribution in [0.5, 0.6) is 5.75 Å². The summed E-state index contributed by atoms with van der Waals surface area (Å²) in [6, 6.07) is 10.8. The third-order valence-electron chi connectivity index (χ3n) is 3.15. The molecule has 0 aromatic heterocycles. The summed E-state index contributed by atoms with van der Waals surface area (Å²) in [6.07, 6.45) is 0. The van der Waals surface area contributed by atoms with Gasteiger partial charge in [-0.2, -0.15) is 0 Å². The van der Waals surface area contributed by atoms with E-state index >= 15 is 0 Å². The molecule has 3 N–H and O–H groups in total. The quantitative estimate of drug-likeness (QED) is 0.787. The van der Waals surface area contributed by atoms with E-state index in [-0.39, 0.29) is 5.69 Å². The Hall–Kier alpha value is -3.09. The van der Waals surface area contributed by atoms with Gasteiger partial charge in [-0.25, -0.2) is 9.18 Å². The summed E-state index contributed by atoms with van der Waals surface area (Å²) in [5, 5.41) is 7.63. The molecule has 0 aliphatic heterocycles. The standard InChI is InChI=1S/C17H18FN3O3/c1-11(22)20-16-9-13(5-8-15(16)18)21-17(23)19-10-12-3-6-14(24-2)7-4-12/h3-9H,10H2,1-2H3,(H,20,22)(H2,19,21,23). The molecule has 0 radical (unpaired) electrons. The maximum Gasteiger partial charge on any atom is 0.319 e. The van der Waals surface area contributed by atoms with Crippen LogP contribution in [0.15, 0.2) is 42.5 Å². The molecule has 0 fully saturated rings. The van der Waals surface area contributed by atoms with Crippen molar-refractivity contribution in [2.75, 3.05) is 17.7 Å². The number of nitrogens with one attached hydrogen (secondary N) is 3. The Morgan fingerprint density at radius 3 is 2.42 bits per heavy atom. The van der Waals surface area contributed by atoms with E-state index in [1.54, 1.807) is 19.2 Å². The summed E-state index contributed by atoms with van der Waals surface area (Å²) >= 11 is 0. The Morgan fingerprint density at radius 1 is 1.08 bits per heavy atom. The van der Waals surface area contributed by atoms with Gasteiger partial charge in [-0.3, -0.25) is 4.79 Å². The Bertz CT molecular complexity index is 732. The van der Waals surface area contributed by atoms with Gasteiger partial charge >= 0.3 is 6.03 Å². The van der Waals surface area contributed by atoms with E-state index in [0.29, 0.717) is 12.2 Å². The zero-order chi connectivity index (χ0) is 17.5. The van der Waals surface area contributed by atoms with Crippen LogP contribution < -0.4 is 20.7 Å². The average Bonchev–Trinajstić information content (AvgIpc) is 2.56. The predicted octanol–water partition coefficient (Wildman–Crippen LogP) is 3.11. The smallest absolute Gasteiger partial charge is 0.319 e. The van der Waals surface area contributed by atoms with E-state index in [0.717, 1.165) is 11.3 Å². The molecule has 0 heterocycles. The third-order valence-corrected chi connectivity index (χ3v) is 3.15. The van der Waals surface area contributed by atoms with Crippen molar-refractivity contribution in [1.82, 2.24) is 5.32 Å². The Kier molecular flexibility index (Phi) is 5.73. The van der Waals surface area contributed by atoms with Crippen LogP contribution in [0, 0.1) is 5.82 Å². The van der Waals surface area contributed by atoms with Gasteiger partial charge < -0.3 is 20.7 Å². The first-order valence-electron chi connectivity index (χ1n) is 7.23. The van der Waals surface area contributed by atoms with Crippen molar-refractivity contribution in [3.63, 3.8) is 0 Å². The minimum atomic E-state index is -0.575. The van der Waals surface area contributed by atoms with Gasteiger partial charge in [-0.1, -0.05) is 12.1 Å². The molecule has 0 atom stereocenters. The van der Waals surface area contributed by atoms with E-state index < -0.39 is 17.8 Å². The number of amides is 3. The van der Waals surface area contributed by atoms with Crippen LogP contribution in [0.3, 0.4) is 0 Å². The summed E-state index contributed by atoms with van der Waals surface area (Å²) < 4.78 is 18.6. The average molecular weight is 331 g/mol. The second kappa shape index (κ2) is 7.96. The first kappa shape index (κ1) is 17.3. The summed E-state index contributed by atoms with van der Waals surface area (Å²) in [7, 11) is 1.58. The Balaban J connectivity index is 1.92. The number of carbonyl (C=O) groups excluding carboxylic acids is 2. The molecule has 0 aliphatic rings. The molecule has 7 heteroatoms. The molecule has 6 nitrogen and oxygen atoms in total. The highest BCUT2D eigenvalue weighted by atomic mass is 19.1. The number of methoxy groups -OCH3 is 1. The molecule has 0 saturated heterocycles. The Labute approximate surface area is 139 Å². The lowest BCUT2D eigenvalue weighted by molar-refractivity contribution is -0.114. The molecule has 2 aromatic rings. The number of hydrogen-bond donors (Lipinski definition) is 3. The third kappa shape index (κ3) is 4.98. The maximum absolute atomic E-state index is 13.5. The fraction of sp³-hybridized carbons (Fsp3) is 0.176. The summed E-state index contributed by atoms with van der Waals surface area (Å²) in [5.74, 6) is -0.232. The van der Waals surface area contributed by atoms with Gasteiger partial charge in [0, 0.05) is 19.2 Å². The summed E-state index contributed by atoms with van der Waals surface area (Å²) in [4.78, 5) is 22.9. The number of rotatable bonds is 5. The van der Waals surface area contributed by atoms with Crippen molar-refractivity contribution >= 4 is 23.3 Å². The van der Waals surface area contributed by atoms with Crippen molar-refractivity contribution in [2.24, 2.45) is 0 Å². The number of urea groups is 1. The van der Waals surface area contributed by atoms with Gasteiger partial charge in [0.1, 0.15) is 11.6 Å². The highest BCUT2D eigenvalue weighted by Gasteiger charge is 2.07. The second-order valence-corrected chi connectivity index (χ2v) is 5.03. The number of ether oxygens (including phenoxy) is 1. The van der Waals surface area contributed by atoms with E-state index in [2.05, 4.69) is 16.0 Å². The molecule has 24 heavy (non-hydrogen) atoms. The number of anilines is 2. The summed E-state index contributed by atoms with van der Waals surface area (Å²) in [6.45, 7) is 1.61. The van der Waals surface area contributed by atoms with Crippen molar-refractivity contribution in [3.05, 3.63) is 53.8 Å². The van der Waals surface area contributed by atoms with Crippen LogP contribution in [0.2, 0.25) is 0 Å². The monoisotopic (exact) mass is 331 g/mol. The second-order valence-electron chi connectivity index (χ2n) is 5.03. The Morgan fingerprint density at radius 2 is 1.79 bits per heavy atom. The van der Waals surface area contributed by atoms with Crippen LogP contribution in [0.4, 0.5) is 20.6 Å².